The molecule has 0 unspecified atom stereocenters. The van der Waals surface area contributed by atoms with E-state index in [4.69, 9.17) is 5.11 Å². The van der Waals surface area contributed by atoms with Crippen LogP contribution in [0.4, 0.5) is 4.79 Å². The molecule has 2 N–H and O–H groups in total. The Hall–Kier alpha value is -2.12. The summed E-state index contributed by atoms with van der Waals surface area (Å²) in [7, 11) is 0. The molecule has 2 amide bonds. The second kappa shape index (κ2) is 5.48. The zero-order valence-electron chi connectivity index (χ0n) is 9.70. The maximum atomic E-state index is 11.8. The Labute approximate surface area is 103 Å². The summed E-state index contributed by atoms with van der Waals surface area (Å²) in [6.07, 6.45) is 2.90. The molecule has 0 bridgehead atoms. The van der Waals surface area contributed by atoms with Crippen LogP contribution in [0, 0.1) is 0 Å². The molecule has 1 aliphatic heterocycles. The summed E-state index contributed by atoms with van der Waals surface area (Å²) in [4.78, 5) is 27.9. The van der Waals surface area contributed by atoms with Crippen LogP contribution in [0.15, 0.2) is 10.9 Å². The molecule has 1 aromatic rings. The van der Waals surface area contributed by atoms with Gasteiger partial charge in [-0.15, -0.1) is 0 Å². The van der Waals surface area contributed by atoms with Crippen molar-refractivity contribution >= 4 is 12.0 Å². The Morgan fingerprint density at radius 3 is 3.11 bits per heavy atom. The monoisotopic (exact) mass is 254 g/mol. The van der Waals surface area contributed by atoms with Gasteiger partial charge >= 0.3 is 12.0 Å². The molecular weight excluding hydrogens is 240 g/mol. The van der Waals surface area contributed by atoms with Gasteiger partial charge < -0.3 is 19.8 Å². The highest BCUT2D eigenvalue weighted by Gasteiger charge is 2.33. The number of nitrogens with zero attached hydrogens (tertiary/aromatic N) is 3. The minimum absolute atomic E-state index is 0.348. The third-order valence-electron chi connectivity index (χ3n) is 2.83. The number of hydrogen-bond acceptors (Lipinski definition) is 5. The van der Waals surface area contributed by atoms with E-state index >= 15 is 0 Å². The van der Waals surface area contributed by atoms with Crippen LogP contribution < -0.4 is 5.32 Å². The number of likely N-dealkylation sites (tertiary alicyclic amines) is 1. The summed E-state index contributed by atoms with van der Waals surface area (Å²) in [5.41, 5.74) is 0. The number of hydrogen-bond donors (Lipinski definition) is 2. The lowest BCUT2D eigenvalue weighted by atomic mass is 10.2. The van der Waals surface area contributed by atoms with E-state index in [2.05, 4.69) is 20.0 Å². The summed E-state index contributed by atoms with van der Waals surface area (Å²) in [5, 5.41) is 15.2. The van der Waals surface area contributed by atoms with Crippen LogP contribution in [-0.4, -0.2) is 51.3 Å². The number of aliphatic carboxylic acids is 1. The Bertz CT molecular complexity index is 420. The van der Waals surface area contributed by atoms with Gasteiger partial charge in [-0.05, 0) is 12.8 Å². The smallest absolute Gasteiger partial charge is 0.326 e. The Balaban J connectivity index is 1.79. The number of carboxylic acid groups (broad SMARTS) is 1. The first-order valence-electron chi connectivity index (χ1n) is 5.71. The largest absolute Gasteiger partial charge is 0.480 e. The number of aromatic nitrogens is 2. The van der Waals surface area contributed by atoms with Crippen molar-refractivity contribution in [1.29, 1.82) is 0 Å². The van der Waals surface area contributed by atoms with Crippen LogP contribution in [0.25, 0.3) is 0 Å². The van der Waals surface area contributed by atoms with E-state index in [1.54, 1.807) is 0 Å². The lowest BCUT2D eigenvalue weighted by Crippen LogP contribution is -2.46. The summed E-state index contributed by atoms with van der Waals surface area (Å²) in [5.74, 6) is -0.452. The highest BCUT2D eigenvalue weighted by atomic mass is 16.5. The van der Waals surface area contributed by atoms with Gasteiger partial charge in [-0.2, -0.15) is 4.98 Å². The van der Waals surface area contributed by atoms with Crippen LogP contribution >= 0.6 is 0 Å². The van der Waals surface area contributed by atoms with Gasteiger partial charge in [-0.25, -0.2) is 9.59 Å². The summed E-state index contributed by atoms with van der Waals surface area (Å²) < 4.78 is 4.56. The molecule has 98 valence electrons. The SMILES string of the molecule is O=C(O)[C@@H]1CCCN1C(=O)NCCc1ncon1. The molecule has 1 fully saturated rings. The molecule has 0 spiro atoms. The number of amides is 2. The number of nitrogens with one attached hydrogen (secondary N) is 1. The fourth-order valence-electron chi connectivity index (χ4n) is 1.95. The Morgan fingerprint density at radius 1 is 1.61 bits per heavy atom. The Kier molecular flexibility index (Phi) is 3.75. The highest BCUT2D eigenvalue weighted by Crippen LogP contribution is 2.17. The second-order valence-corrected chi connectivity index (χ2v) is 4.02. The first-order valence-corrected chi connectivity index (χ1v) is 5.71. The fourth-order valence-corrected chi connectivity index (χ4v) is 1.95. The van der Waals surface area contributed by atoms with Gasteiger partial charge in [0.2, 0.25) is 6.39 Å². The molecule has 0 radical (unpaired) electrons. The van der Waals surface area contributed by atoms with E-state index in [9.17, 15) is 9.59 Å². The van der Waals surface area contributed by atoms with Crippen molar-refractivity contribution in [2.75, 3.05) is 13.1 Å². The zero-order chi connectivity index (χ0) is 13.0. The van der Waals surface area contributed by atoms with Gasteiger partial charge in [0.1, 0.15) is 6.04 Å². The lowest BCUT2D eigenvalue weighted by molar-refractivity contribution is -0.141. The van der Waals surface area contributed by atoms with Gasteiger partial charge in [0.05, 0.1) is 0 Å². The summed E-state index contributed by atoms with van der Waals surface area (Å²) in [6, 6.07) is -1.07. The van der Waals surface area contributed by atoms with Crippen LogP contribution in [0.3, 0.4) is 0 Å². The standard InChI is InChI=1S/C10H14N4O4/c15-9(16)7-2-1-5-14(7)10(17)11-4-3-8-12-6-18-13-8/h6-7H,1-5H2,(H,11,17)(H,15,16)/t7-/m0/s1. The van der Waals surface area contributed by atoms with Gasteiger partial charge in [-0.1, -0.05) is 5.16 Å². The molecule has 8 nitrogen and oxygen atoms in total. The normalized spacial score (nSPS) is 18.9. The van der Waals surface area contributed by atoms with Crippen molar-refractivity contribution in [1.82, 2.24) is 20.4 Å². The summed E-state index contributed by atoms with van der Waals surface area (Å²) >= 11 is 0. The van der Waals surface area contributed by atoms with E-state index in [0.717, 1.165) is 6.42 Å². The number of carboxylic acids is 1. The molecule has 2 heterocycles. The third-order valence-corrected chi connectivity index (χ3v) is 2.83. The molecule has 1 atom stereocenters. The molecule has 1 aliphatic rings. The molecule has 0 saturated carbocycles. The molecule has 1 aromatic heterocycles. The molecule has 2 rings (SSSR count). The number of carbonyl (C=O) groups excluding carboxylic acids is 1. The molecule has 18 heavy (non-hydrogen) atoms. The van der Waals surface area contributed by atoms with Crippen molar-refractivity contribution in [3.8, 4) is 0 Å². The number of rotatable bonds is 4. The van der Waals surface area contributed by atoms with E-state index in [-0.39, 0.29) is 6.03 Å². The van der Waals surface area contributed by atoms with Crippen molar-refractivity contribution < 1.29 is 19.2 Å². The van der Waals surface area contributed by atoms with Gasteiger partial charge in [0.15, 0.2) is 5.82 Å². The van der Waals surface area contributed by atoms with E-state index in [0.29, 0.717) is 31.8 Å². The first-order chi connectivity index (χ1) is 8.68. The zero-order valence-corrected chi connectivity index (χ0v) is 9.70. The number of urea groups is 1. The quantitative estimate of drug-likeness (QED) is 0.774. The number of carbonyl (C=O) groups is 2. The van der Waals surface area contributed by atoms with E-state index in [1.807, 2.05) is 0 Å². The lowest BCUT2D eigenvalue weighted by Gasteiger charge is -2.21. The van der Waals surface area contributed by atoms with Gasteiger partial charge in [-0.3, -0.25) is 0 Å². The van der Waals surface area contributed by atoms with Crippen LogP contribution in [-0.2, 0) is 11.2 Å². The maximum absolute atomic E-state index is 11.8. The average Bonchev–Trinajstić information content (AvgIpc) is 2.99. The van der Waals surface area contributed by atoms with Crippen molar-refractivity contribution in [3.05, 3.63) is 12.2 Å². The minimum atomic E-state index is -0.958. The van der Waals surface area contributed by atoms with Gasteiger partial charge in [0, 0.05) is 19.5 Å². The predicted octanol–water partition coefficient (Wildman–Crippen LogP) is -0.129. The minimum Gasteiger partial charge on any atom is -0.480 e. The second-order valence-electron chi connectivity index (χ2n) is 4.02. The predicted molar refractivity (Wildman–Crippen MR) is 58.8 cm³/mol. The fraction of sp³-hybridized carbons (Fsp3) is 0.600. The van der Waals surface area contributed by atoms with E-state index in [1.165, 1.54) is 11.3 Å². The van der Waals surface area contributed by atoms with Crippen molar-refractivity contribution in [3.63, 3.8) is 0 Å². The Morgan fingerprint density at radius 2 is 2.44 bits per heavy atom. The molecular formula is C10H14N4O4. The van der Waals surface area contributed by atoms with E-state index < -0.39 is 12.0 Å². The maximum Gasteiger partial charge on any atom is 0.326 e. The van der Waals surface area contributed by atoms with Crippen LogP contribution in [0.1, 0.15) is 18.7 Å². The molecule has 8 heteroatoms. The third kappa shape index (κ3) is 2.76. The van der Waals surface area contributed by atoms with Crippen LogP contribution in [0.5, 0.6) is 0 Å². The topological polar surface area (TPSA) is 109 Å². The first kappa shape index (κ1) is 12.3. The van der Waals surface area contributed by atoms with Crippen molar-refractivity contribution in [2.45, 2.75) is 25.3 Å². The average molecular weight is 254 g/mol. The van der Waals surface area contributed by atoms with Crippen LogP contribution in [0.2, 0.25) is 0 Å². The summed E-state index contributed by atoms with van der Waals surface area (Å²) in [6.45, 7) is 0.826. The molecule has 0 aliphatic carbocycles. The van der Waals surface area contributed by atoms with Crippen molar-refractivity contribution in [2.24, 2.45) is 0 Å². The molecule has 0 aromatic carbocycles. The van der Waals surface area contributed by atoms with Gasteiger partial charge in [0.25, 0.3) is 0 Å². The highest BCUT2D eigenvalue weighted by molar-refractivity contribution is 5.83. The molecule has 1 saturated heterocycles.